The van der Waals surface area contributed by atoms with Gasteiger partial charge < -0.3 is 25.2 Å². The smallest absolute Gasteiger partial charge is 0.404 e. The van der Waals surface area contributed by atoms with Crippen molar-refractivity contribution in [2.24, 2.45) is 11.3 Å². The van der Waals surface area contributed by atoms with E-state index in [-0.39, 0.29) is 12.3 Å². The van der Waals surface area contributed by atoms with Gasteiger partial charge in [0, 0.05) is 32.5 Å². The minimum Gasteiger partial charge on any atom is -0.438 e. The van der Waals surface area contributed by atoms with Crippen LogP contribution in [0.5, 0.6) is 0 Å². The number of nitrogens with zero attached hydrogens (tertiary/aromatic N) is 1. The molecule has 260 valence electrons. The van der Waals surface area contributed by atoms with Gasteiger partial charge in [0.15, 0.2) is 0 Å². The van der Waals surface area contributed by atoms with Gasteiger partial charge in [0.05, 0.1) is 5.41 Å². The van der Waals surface area contributed by atoms with Gasteiger partial charge in [-0.05, 0) is 51.5 Å². The maximum atomic E-state index is 14.9. The van der Waals surface area contributed by atoms with E-state index in [2.05, 4.69) is 19.9 Å². The molecule has 1 fully saturated rings. The molecule has 0 bridgehead atoms. The number of carbonyl (C=O) groups is 4. The van der Waals surface area contributed by atoms with Crippen molar-refractivity contribution in [2.75, 3.05) is 20.4 Å². The first-order valence-corrected chi connectivity index (χ1v) is 17.4. The van der Waals surface area contributed by atoms with Crippen LogP contribution in [0.3, 0.4) is 0 Å². The van der Waals surface area contributed by atoms with Crippen LogP contribution in [0.4, 0.5) is 8.78 Å². The minimum absolute atomic E-state index is 0.102. The van der Waals surface area contributed by atoms with Crippen LogP contribution < -0.4 is 10.6 Å². The number of alkyl halides is 2. The third-order valence-electron chi connectivity index (χ3n) is 8.05. The van der Waals surface area contributed by atoms with Gasteiger partial charge in [-0.3, -0.25) is 28.3 Å². The van der Waals surface area contributed by atoms with E-state index in [1.165, 1.54) is 71.9 Å². The topological polar surface area (TPSA) is 151 Å². The number of ether oxygens (including phenoxy) is 1. The molecule has 1 aliphatic rings. The van der Waals surface area contributed by atoms with Crippen LogP contribution in [-0.4, -0.2) is 66.0 Å². The second-order valence-corrected chi connectivity index (χ2v) is 14.9. The molecular weight excluding hydrogens is 623 g/mol. The molecule has 2 rings (SSSR count). The summed E-state index contributed by atoms with van der Waals surface area (Å²) in [7, 11) is -3.92. The molecule has 1 aromatic carbocycles. The van der Waals surface area contributed by atoms with E-state index in [1.807, 2.05) is 0 Å². The van der Waals surface area contributed by atoms with E-state index in [0.29, 0.717) is 24.4 Å². The molecule has 11 nitrogen and oxygen atoms in total. The van der Waals surface area contributed by atoms with Gasteiger partial charge in [0.25, 0.3) is 0 Å². The Morgan fingerprint density at radius 1 is 1.04 bits per heavy atom. The molecule has 0 aliphatic heterocycles. The zero-order valence-electron chi connectivity index (χ0n) is 27.8. The van der Waals surface area contributed by atoms with Crippen molar-refractivity contribution in [3.8, 4) is 0 Å². The van der Waals surface area contributed by atoms with Gasteiger partial charge in [-0.1, -0.05) is 63.3 Å². The normalized spacial score (nSPS) is 16.9. The van der Waals surface area contributed by atoms with Crippen LogP contribution in [0.25, 0.3) is 0 Å². The predicted molar refractivity (Wildman–Crippen MR) is 169 cm³/mol. The SMILES string of the molecule is CC[C@H](NC(=O)[C@H](Cc1ccc(C(F)(F)P(=O)(O)OCOC(=O)C(C)(C)C)cc1)NC(C)=O)C(=O)N(C)CCCC1CCCCC1. The van der Waals surface area contributed by atoms with Crippen molar-refractivity contribution in [2.45, 2.75) is 110 Å². The Balaban J connectivity index is 2.03. The lowest BCUT2D eigenvalue weighted by atomic mass is 9.86. The number of likely N-dealkylation sites (N-methyl/N-ethyl adjacent to an activating group) is 1. The molecule has 1 aromatic rings. The van der Waals surface area contributed by atoms with E-state index < -0.39 is 60.9 Å². The molecule has 1 aliphatic carbocycles. The predicted octanol–water partition coefficient (Wildman–Crippen LogP) is 5.25. The molecule has 1 saturated carbocycles. The largest absolute Gasteiger partial charge is 0.438 e. The van der Waals surface area contributed by atoms with E-state index in [9.17, 15) is 37.4 Å². The first kappa shape index (κ1) is 39.3. The summed E-state index contributed by atoms with van der Waals surface area (Å²) in [5.74, 6) is -1.46. The van der Waals surface area contributed by atoms with Gasteiger partial charge in [0.1, 0.15) is 12.1 Å². The highest BCUT2D eigenvalue weighted by Crippen LogP contribution is 2.63. The monoisotopic (exact) mass is 673 g/mol. The van der Waals surface area contributed by atoms with Crippen molar-refractivity contribution in [3.05, 3.63) is 35.4 Å². The number of carbonyl (C=O) groups excluding carboxylic acids is 4. The number of amides is 3. The fraction of sp³-hybridized carbons (Fsp3) is 0.688. The van der Waals surface area contributed by atoms with Gasteiger partial charge in [-0.15, -0.1) is 0 Å². The van der Waals surface area contributed by atoms with Crippen LogP contribution in [-0.2, 0) is 45.1 Å². The molecule has 0 radical (unpaired) electrons. The van der Waals surface area contributed by atoms with E-state index in [1.54, 1.807) is 18.9 Å². The molecule has 0 heterocycles. The maximum Gasteiger partial charge on any atom is 0.404 e. The number of benzene rings is 1. The van der Waals surface area contributed by atoms with E-state index in [0.717, 1.165) is 25.0 Å². The van der Waals surface area contributed by atoms with Crippen LogP contribution >= 0.6 is 7.60 Å². The maximum absolute atomic E-state index is 14.9. The van der Waals surface area contributed by atoms with Gasteiger partial charge >= 0.3 is 19.2 Å². The van der Waals surface area contributed by atoms with Crippen LogP contribution in [0.15, 0.2) is 24.3 Å². The Kier molecular flexibility index (Phi) is 14.8. The number of hydrogen-bond donors (Lipinski definition) is 3. The zero-order valence-corrected chi connectivity index (χ0v) is 28.7. The lowest BCUT2D eigenvalue weighted by molar-refractivity contribution is -0.160. The van der Waals surface area contributed by atoms with Gasteiger partial charge in [-0.25, -0.2) is 0 Å². The number of hydrogen-bond acceptors (Lipinski definition) is 7. The fourth-order valence-corrected chi connectivity index (χ4v) is 6.06. The van der Waals surface area contributed by atoms with Crippen molar-refractivity contribution in [1.29, 1.82) is 0 Å². The van der Waals surface area contributed by atoms with Gasteiger partial charge in [-0.2, -0.15) is 8.78 Å². The summed E-state index contributed by atoms with van der Waals surface area (Å²) >= 11 is 0. The number of nitrogens with one attached hydrogen (secondary N) is 2. The van der Waals surface area contributed by atoms with Crippen molar-refractivity contribution in [3.63, 3.8) is 0 Å². The fourth-order valence-electron chi connectivity index (χ4n) is 5.22. The van der Waals surface area contributed by atoms with E-state index >= 15 is 0 Å². The van der Waals surface area contributed by atoms with Crippen LogP contribution in [0, 0.1) is 11.3 Å². The molecule has 46 heavy (non-hydrogen) atoms. The Bertz CT molecular complexity index is 1230. The average Bonchev–Trinajstić information content (AvgIpc) is 2.98. The number of halogens is 2. The summed E-state index contributed by atoms with van der Waals surface area (Å²) < 4.78 is 51.3. The minimum atomic E-state index is -5.62. The average molecular weight is 674 g/mol. The standard InChI is InChI=1S/C32H50F2N3O8P/c1-7-26(29(40)37(6)19-11-14-23-12-9-8-10-13-23)36-28(39)27(35-22(2)38)20-24-15-17-25(18-16-24)32(33,34)46(42,43)45-21-44-30(41)31(3,4)5/h15-18,23,26-27H,7-14,19-21H2,1-6H3,(H,35,38)(H,36,39)(H,42,43)/t26-,27-/m0/s1. The molecule has 14 heteroatoms. The summed E-state index contributed by atoms with van der Waals surface area (Å²) in [6, 6.07) is 2.34. The molecule has 3 atom stereocenters. The highest BCUT2D eigenvalue weighted by Gasteiger charge is 2.53. The zero-order chi connectivity index (χ0) is 34.7. The highest BCUT2D eigenvalue weighted by atomic mass is 31.2. The first-order valence-electron chi connectivity index (χ1n) is 15.8. The Morgan fingerprint density at radius 3 is 2.20 bits per heavy atom. The summed E-state index contributed by atoms with van der Waals surface area (Å²) in [4.78, 5) is 61.6. The first-order chi connectivity index (χ1) is 21.4. The summed E-state index contributed by atoms with van der Waals surface area (Å²) in [6.45, 7) is 6.98. The molecular formula is C32H50F2N3O8P. The van der Waals surface area contributed by atoms with Gasteiger partial charge in [0.2, 0.25) is 24.5 Å². The molecule has 0 spiro atoms. The Labute approximate surface area is 270 Å². The quantitative estimate of drug-likeness (QED) is 0.122. The Hall–Kier alpha value is -2.89. The third-order valence-corrected chi connectivity index (χ3v) is 9.47. The molecule has 3 amide bonds. The Morgan fingerprint density at radius 2 is 1.65 bits per heavy atom. The second kappa shape index (κ2) is 17.3. The number of rotatable bonds is 16. The van der Waals surface area contributed by atoms with Crippen molar-refractivity contribution < 1.29 is 46.7 Å². The highest BCUT2D eigenvalue weighted by molar-refractivity contribution is 7.53. The van der Waals surface area contributed by atoms with Crippen molar-refractivity contribution in [1.82, 2.24) is 15.5 Å². The summed E-state index contributed by atoms with van der Waals surface area (Å²) in [5.41, 5.74) is -5.79. The molecule has 3 N–H and O–H groups in total. The summed E-state index contributed by atoms with van der Waals surface area (Å²) in [5, 5.41) is 5.26. The number of esters is 1. The van der Waals surface area contributed by atoms with Crippen molar-refractivity contribution >= 4 is 31.3 Å². The molecule has 1 unspecified atom stereocenters. The summed E-state index contributed by atoms with van der Waals surface area (Å²) in [6.07, 6.45) is 8.43. The molecule has 0 aromatic heterocycles. The van der Waals surface area contributed by atoms with Crippen LogP contribution in [0.2, 0.25) is 0 Å². The second-order valence-electron chi connectivity index (χ2n) is 13.0. The molecule has 0 saturated heterocycles. The third kappa shape index (κ3) is 11.7. The van der Waals surface area contributed by atoms with E-state index in [4.69, 9.17) is 0 Å². The lowest BCUT2D eigenvalue weighted by Crippen LogP contribution is -2.54. The van der Waals surface area contributed by atoms with Crippen LogP contribution in [0.1, 0.15) is 97.1 Å². The lowest BCUT2D eigenvalue weighted by Gasteiger charge is -2.27.